The van der Waals surface area contributed by atoms with E-state index in [1.165, 1.54) is 5.01 Å². The van der Waals surface area contributed by atoms with E-state index in [0.29, 0.717) is 29.3 Å². The van der Waals surface area contributed by atoms with Crippen LogP contribution in [0.25, 0.3) is 0 Å². The van der Waals surface area contributed by atoms with Gasteiger partial charge < -0.3 is 5.11 Å². The van der Waals surface area contributed by atoms with Gasteiger partial charge in [-0.2, -0.15) is 5.10 Å². The first-order valence-corrected chi connectivity index (χ1v) is 7.60. The van der Waals surface area contributed by atoms with Crippen molar-refractivity contribution in [1.29, 1.82) is 0 Å². The van der Waals surface area contributed by atoms with Crippen molar-refractivity contribution in [2.24, 2.45) is 10.5 Å². The predicted molar refractivity (Wildman–Crippen MR) is 85.1 cm³/mol. The number of nitrogens with zero attached hydrogens (tertiary/aromatic N) is 3. The Morgan fingerprint density at radius 3 is 2.91 bits per heavy atom. The molecule has 0 amide bonds. The Morgan fingerprint density at radius 2 is 2.23 bits per heavy atom. The van der Waals surface area contributed by atoms with E-state index < -0.39 is 11.6 Å². The summed E-state index contributed by atoms with van der Waals surface area (Å²) in [5.74, 6) is 0.0172. The Kier molecular flexibility index (Phi) is 3.57. The van der Waals surface area contributed by atoms with Crippen LogP contribution in [0.15, 0.2) is 23.3 Å². The molecule has 116 valence electrons. The number of aromatic nitrogens is 1. The highest BCUT2D eigenvalue weighted by Crippen LogP contribution is 2.39. The Bertz CT molecular complexity index is 714. The molecule has 1 aromatic heterocycles. The zero-order valence-electron chi connectivity index (χ0n) is 12.8. The van der Waals surface area contributed by atoms with E-state index in [1.54, 1.807) is 25.3 Å². The Balaban J connectivity index is 2.06. The van der Waals surface area contributed by atoms with E-state index >= 15 is 0 Å². The van der Waals surface area contributed by atoms with Crippen molar-refractivity contribution < 1.29 is 9.90 Å². The number of pyridine rings is 1. The van der Waals surface area contributed by atoms with Gasteiger partial charge in [-0.25, -0.2) is 4.98 Å². The third kappa shape index (κ3) is 2.25. The molecule has 5 nitrogen and oxygen atoms in total. The number of hydrogen-bond donors (Lipinski definition) is 1. The van der Waals surface area contributed by atoms with Crippen molar-refractivity contribution in [2.75, 3.05) is 7.05 Å². The third-order valence-corrected chi connectivity index (χ3v) is 4.68. The van der Waals surface area contributed by atoms with Gasteiger partial charge in [-0.15, -0.1) is 0 Å². The molecule has 6 heteroatoms. The van der Waals surface area contributed by atoms with E-state index in [0.717, 1.165) is 11.3 Å². The maximum absolute atomic E-state index is 13.1. The molecule has 0 bridgehead atoms. The van der Waals surface area contributed by atoms with E-state index in [1.807, 2.05) is 13.8 Å². The zero-order valence-corrected chi connectivity index (χ0v) is 13.6. The Labute approximate surface area is 134 Å². The van der Waals surface area contributed by atoms with Crippen molar-refractivity contribution in [3.63, 3.8) is 0 Å². The van der Waals surface area contributed by atoms with Crippen LogP contribution >= 0.6 is 11.6 Å². The summed E-state index contributed by atoms with van der Waals surface area (Å²) in [6.07, 6.45) is 3.94. The van der Waals surface area contributed by atoms with Gasteiger partial charge in [0.2, 0.25) is 0 Å². The number of ketones is 1. The molecule has 0 saturated heterocycles. The van der Waals surface area contributed by atoms with Crippen molar-refractivity contribution >= 4 is 23.1 Å². The number of carbonyl (C=O) groups excluding carboxylic acids is 1. The van der Waals surface area contributed by atoms with Crippen LogP contribution in [0.1, 0.15) is 35.0 Å². The van der Waals surface area contributed by atoms with Crippen molar-refractivity contribution in [3.8, 4) is 0 Å². The van der Waals surface area contributed by atoms with Crippen molar-refractivity contribution in [1.82, 2.24) is 9.99 Å². The molecule has 2 unspecified atom stereocenters. The SMILES string of the molecule is Cc1cc(Cl)nc2c1C(=O)C(C)(C1=NN(C)C(O)C=C1)CC2. The molecule has 22 heavy (non-hydrogen) atoms. The summed E-state index contributed by atoms with van der Waals surface area (Å²) < 4.78 is 0. The Morgan fingerprint density at radius 1 is 1.50 bits per heavy atom. The van der Waals surface area contributed by atoms with E-state index in [9.17, 15) is 9.90 Å². The first-order valence-electron chi connectivity index (χ1n) is 7.22. The van der Waals surface area contributed by atoms with Crippen LogP contribution in [-0.4, -0.2) is 39.9 Å². The minimum absolute atomic E-state index is 0.0172. The van der Waals surface area contributed by atoms with E-state index in [4.69, 9.17) is 11.6 Å². The summed E-state index contributed by atoms with van der Waals surface area (Å²) >= 11 is 5.99. The average Bonchev–Trinajstić information content (AvgIpc) is 2.45. The zero-order chi connectivity index (χ0) is 16.1. The van der Waals surface area contributed by atoms with E-state index in [2.05, 4.69) is 10.1 Å². The maximum Gasteiger partial charge on any atom is 0.176 e. The average molecular weight is 320 g/mol. The number of fused-ring (bicyclic) bond motifs is 1. The summed E-state index contributed by atoms with van der Waals surface area (Å²) in [5, 5.41) is 16.0. The summed E-state index contributed by atoms with van der Waals surface area (Å²) in [6, 6.07) is 1.72. The number of hydrogen-bond acceptors (Lipinski definition) is 5. The van der Waals surface area contributed by atoms with Crippen LogP contribution in [0.4, 0.5) is 0 Å². The van der Waals surface area contributed by atoms with Crippen LogP contribution in [0.3, 0.4) is 0 Å². The quantitative estimate of drug-likeness (QED) is 0.807. The number of halogens is 1. The summed E-state index contributed by atoms with van der Waals surface area (Å²) in [4.78, 5) is 17.4. The second kappa shape index (κ2) is 5.18. The van der Waals surface area contributed by atoms with Crippen molar-refractivity contribution in [2.45, 2.75) is 32.9 Å². The molecule has 1 N–H and O–H groups in total. The summed E-state index contributed by atoms with van der Waals surface area (Å²) in [6.45, 7) is 3.78. The molecule has 0 radical (unpaired) electrons. The lowest BCUT2D eigenvalue weighted by Crippen LogP contribution is -2.43. The Hall–Kier alpha value is -1.72. The highest BCUT2D eigenvalue weighted by atomic mass is 35.5. The largest absolute Gasteiger partial charge is 0.369 e. The van der Waals surface area contributed by atoms with Gasteiger partial charge in [-0.05, 0) is 50.5 Å². The fraction of sp³-hybridized carbons (Fsp3) is 0.438. The number of aryl methyl sites for hydroxylation is 2. The second-order valence-electron chi connectivity index (χ2n) is 6.08. The number of Topliss-reactive ketones (excluding diaryl/α,β-unsaturated/α-hetero) is 1. The lowest BCUT2D eigenvalue weighted by atomic mass is 9.69. The number of carbonyl (C=O) groups is 1. The molecule has 2 aliphatic rings. The summed E-state index contributed by atoms with van der Waals surface area (Å²) in [5.41, 5.74) is 2.23. The van der Waals surface area contributed by atoms with Gasteiger partial charge in [0.1, 0.15) is 5.15 Å². The maximum atomic E-state index is 13.1. The fourth-order valence-corrected chi connectivity index (χ4v) is 3.31. The van der Waals surface area contributed by atoms with Crippen molar-refractivity contribution in [3.05, 3.63) is 40.2 Å². The van der Waals surface area contributed by atoms with Gasteiger partial charge in [0.25, 0.3) is 0 Å². The first kappa shape index (κ1) is 15.2. The van der Waals surface area contributed by atoms with Gasteiger partial charge in [0.15, 0.2) is 12.0 Å². The van der Waals surface area contributed by atoms with E-state index in [-0.39, 0.29) is 5.78 Å². The number of aliphatic hydroxyl groups excluding tert-OH is 1. The number of hydrazone groups is 1. The molecular weight excluding hydrogens is 302 g/mol. The molecule has 1 aromatic rings. The molecule has 0 spiro atoms. The minimum Gasteiger partial charge on any atom is -0.369 e. The van der Waals surface area contributed by atoms with Crippen LogP contribution < -0.4 is 0 Å². The number of aliphatic hydroxyl groups is 1. The lowest BCUT2D eigenvalue weighted by molar-refractivity contribution is 0.0608. The molecule has 3 rings (SSSR count). The smallest absolute Gasteiger partial charge is 0.176 e. The molecular formula is C16H18ClN3O2. The molecule has 2 atom stereocenters. The number of rotatable bonds is 1. The molecule has 1 aliphatic heterocycles. The minimum atomic E-state index is -0.750. The predicted octanol–water partition coefficient (Wildman–Crippen LogP) is 2.35. The number of likely N-dealkylation sites (N-methyl/N-ethyl adjacent to an activating group) is 1. The van der Waals surface area contributed by atoms with Crippen LogP contribution in [0.2, 0.25) is 5.15 Å². The first-order chi connectivity index (χ1) is 10.3. The molecule has 0 fully saturated rings. The highest BCUT2D eigenvalue weighted by molar-refractivity contribution is 6.29. The molecule has 0 aromatic carbocycles. The van der Waals surface area contributed by atoms with Gasteiger partial charge in [-0.1, -0.05) is 11.6 Å². The highest BCUT2D eigenvalue weighted by Gasteiger charge is 2.44. The second-order valence-corrected chi connectivity index (χ2v) is 6.46. The number of allylic oxidation sites excluding steroid dienone is 1. The third-order valence-electron chi connectivity index (χ3n) is 4.49. The molecule has 2 heterocycles. The topological polar surface area (TPSA) is 65.8 Å². The van der Waals surface area contributed by atoms with Crippen LogP contribution in [0.5, 0.6) is 0 Å². The molecule has 1 aliphatic carbocycles. The summed E-state index contributed by atoms with van der Waals surface area (Å²) in [7, 11) is 1.69. The van der Waals surface area contributed by atoms with Gasteiger partial charge in [-0.3, -0.25) is 9.80 Å². The normalized spacial score (nSPS) is 27.7. The standard InChI is InChI=1S/C16H18ClN3O2/c1-9-8-12(17)18-10-6-7-16(2,15(22)14(9)10)11-4-5-13(21)20(3)19-11/h4-5,8,13,21H,6-7H2,1-3H3. The van der Waals surface area contributed by atoms with Crippen LogP contribution in [-0.2, 0) is 6.42 Å². The van der Waals surface area contributed by atoms with Gasteiger partial charge in [0.05, 0.1) is 16.8 Å². The van der Waals surface area contributed by atoms with Gasteiger partial charge >= 0.3 is 0 Å². The monoisotopic (exact) mass is 319 g/mol. The molecule has 0 saturated carbocycles. The lowest BCUT2D eigenvalue weighted by Gasteiger charge is -2.36. The fourth-order valence-electron chi connectivity index (χ4n) is 3.05. The van der Waals surface area contributed by atoms with Gasteiger partial charge in [0, 0.05) is 12.6 Å². The van der Waals surface area contributed by atoms with Crippen LogP contribution in [0, 0.1) is 12.3 Å².